The van der Waals surface area contributed by atoms with Gasteiger partial charge in [-0.15, -0.1) is 0 Å². The van der Waals surface area contributed by atoms with Crippen LogP contribution in [0.2, 0.25) is 0 Å². The summed E-state index contributed by atoms with van der Waals surface area (Å²) in [7, 11) is 0. The Morgan fingerprint density at radius 2 is 1.68 bits per heavy atom. The van der Waals surface area contributed by atoms with Crippen LogP contribution < -0.4 is 10.6 Å². The molecule has 4 rings (SSSR count). The second kappa shape index (κ2) is 13.9. The number of para-hydroxylation sites is 2. The van der Waals surface area contributed by atoms with E-state index in [-0.39, 0.29) is 42.6 Å². The maximum Gasteiger partial charge on any atom is 0.289 e. The van der Waals surface area contributed by atoms with Crippen molar-refractivity contribution in [1.29, 1.82) is 0 Å². The van der Waals surface area contributed by atoms with Gasteiger partial charge in [-0.1, -0.05) is 56.3 Å². The second-order valence-corrected chi connectivity index (χ2v) is 11.1. The van der Waals surface area contributed by atoms with Crippen molar-refractivity contribution in [1.82, 2.24) is 20.6 Å². The number of Topliss-reactive ketones (excluding diaryl/α,β-unsaturated/α-hetero) is 3. The van der Waals surface area contributed by atoms with Gasteiger partial charge in [0, 0.05) is 31.2 Å². The number of nitrogens with zero attached hydrogens (tertiary/aromatic N) is 2. The molecule has 2 amide bonds. The van der Waals surface area contributed by atoms with E-state index in [2.05, 4.69) is 20.6 Å². The molecular formula is C32H36N4O5. The van der Waals surface area contributed by atoms with Crippen molar-refractivity contribution in [2.24, 2.45) is 17.8 Å². The molecule has 0 spiro atoms. The molecule has 214 valence electrons. The first-order valence-corrected chi connectivity index (χ1v) is 14.1. The number of carbonyl (C=O) groups excluding carboxylic acids is 5. The molecule has 2 aromatic carbocycles. The Hall–Kier alpha value is -4.27. The standard InChI is InChI=1S/C32H36N4O5/c1-20(2)15-23(17-29(38)27-19-33-24-12-6-7-13-25(24)35-27)31(40)36-26(16-22-11-8-14-28(22)37)30(39)32(41)34-18-21-9-4-3-5-10-21/h3-7,9-10,12-13,19-20,22-23,26H,8,11,14-18H2,1-2H3,(H,34,41)(H,36,40)/t22-,23+,26-/m0/s1. The molecule has 3 aromatic rings. The number of carbonyl (C=O) groups is 5. The Bertz CT molecular complexity index is 1420. The Morgan fingerprint density at radius 1 is 0.976 bits per heavy atom. The highest BCUT2D eigenvalue weighted by atomic mass is 16.2. The monoisotopic (exact) mass is 556 g/mol. The first-order chi connectivity index (χ1) is 19.7. The van der Waals surface area contributed by atoms with Crippen LogP contribution in [0.4, 0.5) is 0 Å². The minimum atomic E-state index is -1.17. The van der Waals surface area contributed by atoms with E-state index in [9.17, 15) is 24.0 Å². The van der Waals surface area contributed by atoms with Crippen molar-refractivity contribution >= 4 is 40.2 Å². The SMILES string of the molecule is CC(C)C[C@H](CC(=O)c1cnc2ccccc2n1)C(=O)N[C@@H](C[C@@H]1CCCC1=O)C(=O)C(=O)NCc1ccccc1. The predicted molar refractivity (Wildman–Crippen MR) is 154 cm³/mol. The third-order valence-corrected chi connectivity index (χ3v) is 7.40. The molecule has 1 aliphatic carbocycles. The average Bonchev–Trinajstić information content (AvgIpc) is 3.38. The van der Waals surface area contributed by atoms with Gasteiger partial charge in [0.15, 0.2) is 5.78 Å². The van der Waals surface area contributed by atoms with E-state index >= 15 is 0 Å². The lowest BCUT2D eigenvalue weighted by Gasteiger charge is -2.24. The lowest BCUT2D eigenvalue weighted by Crippen LogP contribution is -2.50. The van der Waals surface area contributed by atoms with E-state index in [0.717, 1.165) is 12.0 Å². The fourth-order valence-electron chi connectivity index (χ4n) is 5.24. The zero-order valence-corrected chi connectivity index (χ0v) is 23.5. The molecule has 0 aliphatic heterocycles. The van der Waals surface area contributed by atoms with Gasteiger partial charge in [0.25, 0.3) is 5.91 Å². The Labute approximate surface area is 239 Å². The molecule has 0 unspecified atom stereocenters. The molecule has 9 nitrogen and oxygen atoms in total. The molecule has 0 saturated heterocycles. The highest BCUT2D eigenvalue weighted by Crippen LogP contribution is 2.26. The fraction of sp³-hybridized carbons (Fsp3) is 0.406. The number of ketones is 3. The van der Waals surface area contributed by atoms with Gasteiger partial charge in [-0.2, -0.15) is 0 Å². The maximum atomic E-state index is 13.6. The predicted octanol–water partition coefficient (Wildman–Crippen LogP) is 3.99. The van der Waals surface area contributed by atoms with E-state index in [0.29, 0.717) is 30.3 Å². The molecule has 1 fully saturated rings. The topological polar surface area (TPSA) is 135 Å². The third-order valence-electron chi connectivity index (χ3n) is 7.40. The quantitative estimate of drug-likeness (QED) is 0.240. The minimum Gasteiger partial charge on any atom is -0.345 e. The van der Waals surface area contributed by atoms with Crippen molar-refractivity contribution in [2.45, 2.75) is 65.0 Å². The molecule has 1 heterocycles. The molecule has 41 heavy (non-hydrogen) atoms. The van der Waals surface area contributed by atoms with Gasteiger partial charge in [-0.3, -0.25) is 29.0 Å². The van der Waals surface area contributed by atoms with E-state index in [1.165, 1.54) is 6.20 Å². The number of fused-ring (bicyclic) bond motifs is 1. The number of rotatable bonds is 13. The van der Waals surface area contributed by atoms with Crippen LogP contribution in [0, 0.1) is 17.8 Å². The first kappa shape index (κ1) is 29.7. The summed E-state index contributed by atoms with van der Waals surface area (Å²) in [6, 6.07) is 15.2. The molecule has 3 atom stereocenters. The van der Waals surface area contributed by atoms with Gasteiger partial charge < -0.3 is 10.6 Å². The maximum absolute atomic E-state index is 13.6. The van der Waals surface area contributed by atoms with Crippen molar-refractivity contribution < 1.29 is 24.0 Å². The van der Waals surface area contributed by atoms with Gasteiger partial charge >= 0.3 is 0 Å². The zero-order chi connectivity index (χ0) is 29.4. The number of amides is 2. The minimum absolute atomic E-state index is 0.0329. The second-order valence-electron chi connectivity index (χ2n) is 11.1. The summed E-state index contributed by atoms with van der Waals surface area (Å²) in [4.78, 5) is 74.0. The van der Waals surface area contributed by atoms with Gasteiger partial charge in [0.05, 0.1) is 23.3 Å². The summed E-state index contributed by atoms with van der Waals surface area (Å²) in [5.41, 5.74) is 2.23. The highest BCUT2D eigenvalue weighted by molar-refractivity contribution is 6.38. The Balaban J connectivity index is 1.48. The van der Waals surface area contributed by atoms with Gasteiger partial charge in [-0.25, -0.2) is 4.98 Å². The van der Waals surface area contributed by atoms with Crippen LogP contribution in [0.15, 0.2) is 60.8 Å². The third kappa shape index (κ3) is 8.13. The normalized spacial score (nSPS) is 16.4. The number of hydrogen-bond acceptors (Lipinski definition) is 7. The van der Waals surface area contributed by atoms with Gasteiger partial charge in [-0.05, 0) is 49.3 Å². The molecule has 2 N–H and O–H groups in total. The van der Waals surface area contributed by atoms with Gasteiger partial charge in [0.1, 0.15) is 11.5 Å². The van der Waals surface area contributed by atoms with Crippen molar-refractivity contribution in [2.75, 3.05) is 0 Å². The number of hydrogen-bond donors (Lipinski definition) is 2. The summed E-state index contributed by atoms with van der Waals surface area (Å²) in [6.45, 7) is 4.04. The largest absolute Gasteiger partial charge is 0.345 e. The van der Waals surface area contributed by atoms with Crippen LogP contribution in [0.5, 0.6) is 0 Å². The molecule has 9 heteroatoms. The van der Waals surface area contributed by atoms with Crippen molar-refractivity contribution in [3.05, 3.63) is 72.1 Å². The summed E-state index contributed by atoms with van der Waals surface area (Å²) in [5.74, 6) is -3.50. The van der Waals surface area contributed by atoms with E-state index in [4.69, 9.17) is 0 Å². The zero-order valence-electron chi connectivity index (χ0n) is 23.5. The molecule has 1 aromatic heterocycles. The summed E-state index contributed by atoms with van der Waals surface area (Å²) in [6.07, 6.45) is 3.48. The first-order valence-electron chi connectivity index (χ1n) is 14.1. The van der Waals surface area contributed by atoms with Crippen LogP contribution in [0.1, 0.15) is 68.4 Å². The Morgan fingerprint density at radius 3 is 2.37 bits per heavy atom. The smallest absolute Gasteiger partial charge is 0.289 e. The van der Waals surface area contributed by atoms with Crippen LogP contribution in [-0.2, 0) is 25.7 Å². The molecule has 1 saturated carbocycles. The van der Waals surface area contributed by atoms with E-state index in [1.54, 1.807) is 12.1 Å². The van der Waals surface area contributed by atoms with Crippen LogP contribution in [0.25, 0.3) is 11.0 Å². The van der Waals surface area contributed by atoms with Gasteiger partial charge in [0.2, 0.25) is 11.7 Å². The van der Waals surface area contributed by atoms with E-state index in [1.807, 2.05) is 56.3 Å². The van der Waals surface area contributed by atoms with Crippen molar-refractivity contribution in [3.63, 3.8) is 0 Å². The number of aromatic nitrogens is 2. The molecule has 1 aliphatic rings. The number of benzene rings is 2. The van der Waals surface area contributed by atoms with Crippen LogP contribution >= 0.6 is 0 Å². The van der Waals surface area contributed by atoms with Crippen LogP contribution in [-0.4, -0.2) is 45.2 Å². The molecular weight excluding hydrogens is 520 g/mol. The summed E-state index contributed by atoms with van der Waals surface area (Å²) < 4.78 is 0. The Kier molecular flexibility index (Phi) is 10.1. The molecule has 0 radical (unpaired) electrons. The fourth-order valence-corrected chi connectivity index (χ4v) is 5.24. The summed E-state index contributed by atoms with van der Waals surface area (Å²) in [5, 5.41) is 5.37. The molecule has 0 bridgehead atoms. The van der Waals surface area contributed by atoms with E-state index < -0.39 is 35.5 Å². The number of nitrogens with one attached hydrogen (secondary N) is 2. The highest BCUT2D eigenvalue weighted by Gasteiger charge is 2.35. The average molecular weight is 557 g/mol. The lowest BCUT2D eigenvalue weighted by atomic mass is 9.89. The summed E-state index contributed by atoms with van der Waals surface area (Å²) >= 11 is 0. The van der Waals surface area contributed by atoms with Crippen LogP contribution in [0.3, 0.4) is 0 Å². The lowest BCUT2D eigenvalue weighted by molar-refractivity contribution is -0.141. The van der Waals surface area contributed by atoms with Crippen molar-refractivity contribution in [3.8, 4) is 0 Å².